The molecule has 3 nitrogen and oxygen atoms in total. The number of rotatable bonds is 2. The van der Waals surface area contributed by atoms with Crippen molar-refractivity contribution in [1.29, 1.82) is 0 Å². The summed E-state index contributed by atoms with van der Waals surface area (Å²) in [5.41, 5.74) is 0.152. The molecule has 1 rings (SSSR count). The maximum atomic E-state index is 11.6. The predicted octanol–water partition coefficient (Wildman–Crippen LogP) is 1.95. The minimum atomic E-state index is -0.540. The monoisotopic (exact) mass is 153 g/mol. The Bertz CT molecular complexity index is 258. The molecular formula is C7H4FNO2. The number of benzene rings is 1. The van der Waals surface area contributed by atoms with E-state index in [0.29, 0.717) is 0 Å². The van der Waals surface area contributed by atoms with Gasteiger partial charge in [-0.05, 0) is 17.7 Å². The van der Waals surface area contributed by atoms with Gasteiger partial charge in [-0.15, -0.1) is 0 Å². The quantitative estimate of drug-likeness (QED) is 0.481. The van der Waals surface area contributed by atoms with Gasteiger partial charge in [-0.25, -0.2) is 4.39 Å². The molecule has 1 aromatic rings. The fourth-order valence-electron chi connectivity index (χ4n) is 0.646. The maximum Gasteiger partial charge on any atom is 0.269 e. The summed E-state index contributed by atoms with van der Waals surface area (Å²) < 4.78 is 11.6. The molecule has 0 aliphatic heterocycles. The summed E-state index contributed by atoms with van der Waals surface area (Å²) in [5.74, 6) is 0. The third-order valence-electron chi connectivity index (χ3n) is 1.19. The van der Waals surface area contributed by atoms with Gasteiger partial charge >= 0.3 is 0 Å². The van der Waals surface area contributed by atoms with Gasteiger partial charge in [-0.1, -0.05) is 0 Å². The van der Waals surface area contributed by atoms with Gasteiger partial charge in [0, 0.05) is 12.1 Å². The molecule has 0 fully saturated rings. The van der Waals surface area contributed by atoms with Crippen molar-refractivity contribution in [3.8, 4) is 0 Å². The highest BCUT2D eigenvalue weighted by molar-refractivity contribution is 5.34. The van der Waals surface area contributed by atoms with Crippen LogP contribution in [0.3, 0.4) is 0 Å². The highest BCUT2D eigenvalue weighted by atomic mass is 19.1. The number of nitrogens with zero attached hydrogens (tertiary/aromatic N) is 1. The third kappa shape index (κ3) is 1.73. The van der Waals surface area contributed by atoms with Gasteiger partial charge in [-0.3, -0.25) is 10.1 Å². The Hall–Kier alpha value is -1.45. The zero-order valence-corrected chi connectivity index (χ0v) is 5.45. The Morgan fingerprint density at radius 1 is 1.36 bits per heavy atom. The fourth-order valence-corrected chi connectivity index (χ4v) is 0.646. The largest absolute Gasteiger partial charge is 0.269 e. The predicted molar refractivity (Wildman–Crippen MR) is 36.5 cm³/mol. The third-order valence-corrected chi connectivity index (χ3v) is 1.19. The van der Waals surface area contributed by atoms with Gasteiger partial charge in [0.2, 0.25) is 6.67 Å². The summed E-state index contributed by atoms with van der Waals surface area (Å²) in [5, 5.41) is 10.1. The molecule has 0 N–H and O–H groups in total. The van der Waals surface area contributed by atoms with Crippen LogP contribution in [0, 0.1) is 16.8 Å². The lowest BCUT2D eigenvalue weighted by Gasteiger charge is -1.91. The van der Waals surface area contributed by atoms with E-state index in [-0.39, 0.29) is 11.3 Å². The highest BCUT2D eigenvalue weighted by Gasteiger charge is 2.03. The number of nitro groups is 1. The lowest BCUT2D eigenvalue weighted by Crippen LogP contribution is -1.86. The van der Waals surface area contributed by atoms with Crippen LogP contribution in [-0.2, 0) is 0 Å². The molecule has 11 heavy (non-hydrogen) atoms. The molecule has 0 aliphatic rings. The van der Waals surface area contributed by atoms with Crippen molar-refractivity contribution in [3.05, 3.63) is 46.6 Å². The molecule has 0 saturated heterocycles. The summed E-state index contributed by atoms with van der Waals surface area (Å²) in [4.78, 5) is 9.55. The molecule has 0 heterocycles. The van der Waals surface area contributed by atoms with E-state index in [4.69, 9.17) is 0 Å². The molecule has 0 atom stereocenters. The van der Waals surface area contributed by atoms with Gasteiger partial charge in [0.15, 0.2) is 0 Å². The Morgan fingerprint density at radius 3 is 2.27 bits per heavy atom. The molecule has 0 bridgehead atoms. The average Bonchev–Trinajstić information content (AvgIpc) is 2.05. The summed E-state index contributed by atoms with van der Waals surface area (Å²) in [6.07, 6.45) is 0. The van der Waals surface area contributed by atoms with Gasteiger partial charge < -0.3 is 0 Å². The Balaban J connectivity index is 2.91. The van der Waals surface area contributed by atoms with E-state index in [1.54, 1.807) is 0 Å². The van der Waals surface area contributed by atoms with Crippen LogP contribution >= 0.6 is 0 Å². The Kier molecular flexibility index (Phi) is 2.15. The van der Waals surface area contributed by atoms with Crippen LogP contribution in [0.25, 0.3) is 0 Å². The van der Waals surface area contributed by atoms with E-state index in [0.717, 1.165) is 0 Å². The van der Waals surface area contributed by atoms with Crippen molar-refractivity contribution in [2.24, 2.45) is 0 Å². The number of hydrogen-bond donors (Lipinski definition) is 0. The minimum absolute atomic E-state index is 0.0519. The molecule has 0 unspecified atom stereocenters. The molecule has 0 aromatic heterocycles. The molecule has 0 saturated carbocycles. The summed E-state index contributed by atoms with van der Waals surface area (Å²) in [7, 11) is 0. The standard InChI is InChI=1S/C7H4FNO2/c8-5-6-1-3-7(4-2-6)9(10)11/h1-4H. The van der Waals surface area contributed by atoms with Crippen molar-refractivity contribution in [1.82, 2.24) is 0 Å². The molecule has 0 spiro atoms. The second-order valence-corrected chi connectivity index (χ2v) is 1.90. The van der Waals surface area contributed by atoms with Crippen molar-refractivity contribution in [2.45, 2.75) is 0 Å². The zero-order valence-electron chi connectivity index (χ0n) is 5.45. The SMILES string of the molecule is O=[N+]([O-])c1ccc([C]F)cc1. The topological polar surface area (TPSA) is 43.1 Å². The van der Waals surface area contributed by atoms with Crippen LogP contribution in [0.4, 0.5) is 10.1 Å². The van der Waals surface area contributed by atoms with Crippen molar-refractivity contribution >= 4 is 5.69 Å². The lowest BCUT2D eigenvalue weighted by atomic mass is 10.2. The minimum Gasteiger partial charge on any atom is -0.258 e. The summed E-state index contributed by atoms with van der Waals surface area (Å²) >= 11 is 0. The van der Waals surface area contributed by atoms with Crippen LogP contribution in [0.2, 0.25) is 0 Å². The molecule has 0 amide bonds. The van der Waals surface area contributed by atoms with Gasteiger partial charge in [0.1, 0.15) is 0 Å². The smallest absolute Gasteiger partial charge is 0.258 e. The first-order valence-corrected chi connectivity index (χ1v) is 2.85. The first-order valence-electron chi connectivity index (χ1n) is 2.85. The number of nitro benzene ring substituents is 1. The first kappa shape index (κ1) is 7.65. The average molecular weight is 153 g/mol. The molecule has 56 valence electrons. The maximum absolute atomic E-state index is 11.6. The Labute approximate surface area is 62.6 Å². The fraction of sp³-hybridized carbons (Fsp3) is 0. The van der Waals surface area contributed by atoms with E-state index in [1.807, 2.05) is 0 Å². The molecule has 2 radical (unpaired) electrons. The van der Waals surface area contributed by atoms with E-state index >= 15 is 0 Å². The van der Waals surface area contributed by atoms with E-state index in [9.17, 15) is 14.5 Å². The second-order valence-electron chi connectivity index (χ2n) is 1.90. The van der Waals surface area contributed by atoms with Crippen LogP contribution in [0.1, 0.15) is 5.56 Å². The van der Waals surface area contributed by atoms with Gasteiger partial charge in [-0.2, -0.15) is 0 Å². The molecule has 0 aliphatic carbocycles. The van der Waals surface area contributed by atoms with Gasteiger partial charge in [0.25, 0.3) is 5.69 Å². The normalized spacial score (nSPS) is 9.55. The number of non-ortho nitro benzene ring substituents is 1. The van der Waals surface area contributed by atoms with Crippen molar-refractivity contribution in [3.63, 3.8) is 0 Å². The van der Waals surface area contributed by atoms with Crippen molar-refractivity contribution < 1.29 is 9.31 Å². The highest BCUT2D eigenvalue weighted by Crippen LogP contribution is 2.12. The van der Waals surface area contributed by atoms with E-state index in [1.165, 1.54) is 30.9 Å². The van der Waals surface area contributed by atoms with Crippen LogP contribution < -0.4 is 0 Å². The lowest BCUT2D eigenvalue weighted by molar-refractivity contribution is -0.384. The van der Waals surface area contributed by atoms with Gasteiger partial charge in [0.05, 0.1) is 4.92 Å². The van der Waals surface area contributed by atoms with E-state index < -0.39 is 4.92 Å². The molecular weight excluding hydrogens is 149 g/mol. The second kappa shape index (κ2) is 3.09. The molecule has 4 heteroatoms. The first-order chi connectivity index (χ1) is 5.24. The Morgan fingerprint density at radius 2 is 1.91 bits per heavy atom. The number of halogens is 1. The van der Waals surface area contributed by atoms with Crippen LogP contribution in [0.5, 0.6) is 0 Å². The van der Waals surface area contributed by atoms with Crippen LogP contribution in [0.15, 0.2) is 24.3 Å². The van der Waals surface area contributed by atoms with E-state index in [2.05, 4.69) is 0 Å². The number of hydrogen-bond acceptors (Lipinski definition) is 2. The summed E-state index contributed by atoms with van der Waals surface area (Å²) in [6.45, 7) is 1.37. The molecule has 1 aromatic carbocycles. The van der Waals surface area contributed by atoms with Crippen LogP contribution in [-0.4, -0.2) is 4.92 Å². The zero-order chi connectivity index (χ0) is 8.27. The summed E-state index contributed by atoms with van der Waals surface area (Å²) in [6, 6.07) is 5.03. The van der Waals surface area contributed by atoms with Crippen molar-refractivity contribution in [2.75, 3.05) is 0 Å².